The highest BCUT2D eigenvalue weighted by atomic mass is 35.5. The predicted octanol–water partition coefficient (Wildman–Crippen LogP) is 2.99. The van der Waals surface area contributed by atoms with Gasteiger partial charge in [0.05, 0.1) is 0 Å². The van der Waals surface area contributed by atoms with Crippen LogP contribution in [0.5, 0.6) is 0 Å². The van der Waals surface area contributed by atoms with Gasteiger partial charge >= 0.3 is 0 Å². The van der Waals surface area contributed by atoms with Crippen molar-refractivity contribution in [3.8, 4) is 0 Å². The summed E-state index contributed by atoms with van der Waals surface area (Å²) < 4.78 is 0. The van der Waals surface area contributed by atoms with Gasteiger partial charge in [-0.25, -0.2) is 0 Å². The normalized spacial score (nSPS) is 16.4. The van der Waals surface area contributed by atoms with Gasteiger partial charge in [0, 0.05) is 29.9 Å². The highest BCUT2D eigenvalue weighted by Crippen LogP contribution is 2.27. The quantitative estimate of drug-likeness (QED) is 0.678. The lowest BCUT2D eigenvalue weighted by Crippen LogP contribution is -2.30. The van der Waals surface area contributed by atoms with Crippen LogP contribution in [0.25, 0.3) is 0 Å². The van der Waals surface area contributed by atoms with Crippen LogP contribution in [0.4, 0.5) is 0 Å². The van der Waals surface area contributed by atoms with Crippen LogP contribution in [0.3, 0.4) is 0 Å². The van der Waals surface area contributed by atoms with Crippen molar-refractivity contribution in [3.05, 3.63) is 22.4 Å². The number of nitrogens with zero attached hydrogens (tertiary/aromatic N) is 1. The third kappa shape index (κ3) is 2.97. The van der Waals surface area contributed by atoms with Crippen LogP contribution in [0.1, 0.15) is 17.7 Å². The summed E-state index contributed by atoms with van der Waals surface area (Å²) in [6.45, 7) is 2.23. The molecule has 1 fully saturated rings. The molecule has 0 bridgehead atoms. The van der Waals surface area contributed by atoms with Crippen molar-refractivity contribution in [2.24, 2.45) is 0 Å². The SMILES string of the molecule is ClCCN(CCc1cccs1)C1CC1. The first kappa shape index (κ1) is 10.5. The van der Waals surface area contributed by atoms with Crippen molar-refractivity contribution >= 4 is 22.9 Å². The van der Waals surface area contributed by atoms with Gasteiger partial charge in [0.1, 0.15) is 0 Å². The van der Waals surface area contributed by atoms with E-state index in [-0.39, 0.29) is 0 Å². The summed E-state index contributed by atoms with van der Waals surface area (Å²) in [5, 5.41) is 2.15. The molecule has 1 aromatic rings. The van der Waals surface area contributed by atoms with E-state index >= 15 is 0 Å². The van der Waals surface area contributed by atoms with Crippen LogP contribution in [0.2, 0.25) is 0 Å². The van der Waals surface area contributed by atoms with Crippen LogP contribution >= 0.6 is 22.9 Å². The number of hydrogen-bond donors (Lipinski definition) is 0. The van der Waals surface area contributed by atoms with Crippen molar-refractivity contribution in [1.29, 1.82) is 0 Å². The summed E-state index contributed by atoms with van der Waals surface area (Å²) in [6.07, 6.45) is 3.94. The molecule has 78 valence electrons. The molecule has 0 amide bonds. The van der Waals surface area contributed by atoms with Crippen LogP contribution in [-0.4, -0.2) is 29.9 Å². The van der Waals surface area contributed by atoms with E-state index in [0.29, 0.717) is 0 Å². The molecular formula is C11H16ClNS. The molecule has 0 aromatic carbocycles. The first-order valence-electron chi connectivity index (χ1n) is 5.22. The lowest BCUT2D eigenvalue weighted by atomic mass is 10.3. The molecule has 0 spiro atoms. The van der Waals surface area contributed by atoms with Crippen LogP contribution in [0, 0.1) is 0 Å². The summed E-state index contributed by atoms with van der Waals surface area (Å²) in [7, 11) is 0. The van der Waals surface area contributed by atoms with E-state index in [1.165, 1.54) is 30.7 Å². The first-order chi connectivity index (χ1) is 6.90. The van der Waals surface area contributed by atoms with E-state index in [2.05, 4.69) is 22.4 Å². The highest BCUT2D eigenvalue weighted by molar-refractivity contribution is 7.09. The Balaban J connectivity index is 1.76. The molecule has 14 heavy (non-hydrogen) atoms. The zero-order valence-corrected chi connectivity index (χ0v) is 9.86. The molecule has 0 saturated heterocycles. The molecule has 1 aromatic heterocycles. The van der Waals surface area contributed by atoms with Crippen LogP contribution < -0.4 is 0 Å². The second-order valence-corrected chi connectivity index (χ2v) is 5.20. The topological polar surface area (TPSA) is 3.24 Å². The maximum Gasteiger partial charge on any atom is 0.0351 e. The summed E-state index contributed by atoms with van der Waals surface area (Å²) in [5.41, 5.74) is 0. The average Bonchev–Trinajstić information content (AvgIpc) is 2.90. The Morgan fingerprint density at radius 2 is 2.29 bits per heavy atom. The van der Waals surface area contributed by atoms with Gasteiger partial charge in [0.15, 0.2) is 0 Å². The fourth-order valence-corrected chi connectivity index (χ4v) is 2.65. The van der Waals surface area contributed by atoms with Crippen molar-refractivity contribution in [2.45, 2.75) is 25.3 Å². The van der Waals surface area contributed by atoms with Crippen LogP contribution in [-0.2, 0) is 6.42 Å². The van der Waals surface area contributed by atoms with Gasteiger partial charge < -0.3 is 0 Å². The Labute approximate surface area is 94.7 Å². The lowest BCUT2D eigenvalue weighted by Gasteiger charge is -2.19. The molecule has 0 unspecified atom stereocenters. The number of rotatable bonds is 6. The monoisotopic (exact) mass is 229 g/mol. The maximum atomic E-state index is 5.79. The van der Waals surface area contributed by atoms with Crippen molar-refractivity contribution < 1.29 is 0 Å². The Morgan fingerprint density at radius 1 is 1.43 bits per heavy atom. The highest BCUT2D eigenvalue weighted by Gasteiger charge is 2.27. The molecule has 1 aliphatic carbocycles. The molecule has 0 aliphatic heterocycles. The van der Waals surface area contributed by atoms with Gasteiger partial charge in [-0.05, 0) is 30.7 Å². The van der Waals surface area contributed by atoms with Gasteiger partial charge in [-0.2, -0.15) is 0 Å². The largest absolute Gasteiger partial charge is 0.299 e. The van der Waals surface area contributed by atoms with Crippen LogP contribution in [0.15, 0.2) is 17.5 Å². The van der Waals surface area contributed by atoms with Gasteiger partial charge in [-0.1, -0.05) is 6.07 Å². The van der Waals surface area contributed by atoms with Gasteiger partial charge in [0.2, 0.25) is 0 Å². The Bertz CT molecular complexity index is 256. The second-order valence-electron chi connectivity index (χ2n) is 3.79. The standard InChI is InChI=1S/C11H16ClNS/c12-6-8-13(10-3-4-10)7-5-11-2-1-9-14-11/h1-2,9-10H,3-8H2. The predicted molar refractivity (Wildman–Crippen MR) is 63.3 cm³/mol. The molecule has 1 nitrogen and oxygen atoms in total. The molecule has 1 aliphatic rings. The van der Waals surface area contributed by atoms with E-state index in [1.807, 2.05) is 11.3 Å². The minimum atomic E-state index is 0.765. The minimum absolute atomic E-state index is 0.765. The summed E-state index contributed by atoms with van der Waals surface area (Å²) in [6, 6.07) is 5.19. The fraction of sp³-hybridized carbons (Fsp3) is 0.636. The molecular weight excluding hydrogens is 214 g/mol. The smallest absolute Gasteiger partial charge is 0.0351 e. The molecule has 1 saturated carbocycles. The third-order valence-electron chi connectivity index (χ3n) is 2.66. The van der Waals surface area contributed by atoms with Gasteiger partial charge in [-0.15, -0.1) is 22.9 Å². The maximum absolute atomic E-state index is 5.79. The van der Waals surface area contributed by atoms with Crippen molar-refractivity contribution in [1.82, 2.24) is 4.90 Å². The van der Waals surface area contributed by atoms with E-state index in [9.17, 15) is 0 Å². The zero-order valence-electron chi connectivity index (χ0n) is 8.29. The number of hydrogen-bond acceptors (Lipinski definition) is 2. The molecule has 2 rings (SSSR count). The average molecular weight is 230 g/mol. The Morgan fingerprint density at radius 3 is 2.86 bits per heavy atom. The summed E-state index contributed by atoms with van der Waals surface area (Å²) in [4.78, 5) is 4.03. The van der Waals surface area contributed by atoms with Gasteiger partial charge in [0.25, 0.3) is 0 Å². The summed E-state index contributed by atoms with van der Waals surface area (Å²) in [5.74, 6) is 0.765. The zero-order chi connectivity index (χ0) is 9.80. The van der Waals surface area contributed by atoms with E-state index in [1.54, 1.807) is 0 Å². The molecule has 0 radical (unpaired) electrons. The second kappa shape index (κ2) is 5.15. The van der Waals surface area contributed by atoms with E-state index < -0.39 is 0 Å². The summed E-state index contributed by atoms with van der Waals surface area (Å²) >= 11 is 7.65. The third-order valence-corrected chi connectivity index (χ3v) is 3.77. The Kier molecular flexibility index (Phi) is 3.85. The number of alkyl halides is 1. The Hall–Kier alpha value is -0.0500. The van der Waals surface area contributed by atoms with E-state index in [4.69, 9.17) is 11.6 Å². The first-order valence-corrected chi connectivity index (χ1v) is 6.64. The minimum Gasteiger partial charge on any atom is -0.299 e. The molecule has 0 atom stereocenters. The van der Waals surface area contributed by atoms with Crippen molar-refractivity contribution in [2.75, 3.05) is 19.0 Å². The molecule has 3 heteroatoms. The van der Waals surface area contributed by atoms with Gasteiger partial charge in [-0.3, -0.25) is 4.90 Å². The molecule has 0 N–H and O–H groups in total. The van der Waals surface area contributed by atoms with Crippen molar-refractivity contribution in [3.63, 3.8) is 0 Å². The lowest BCUT2D eigenvalue weighted by molar-refractivity contribution is 0.284. The van der Waals surface area contributed by atoms with E-state index in [0.717, 1.165) is 18.5 Å². The fourth-order valence-electron chi connectivity index (χ4n) is 1.73. The molecule has 1 heterocycles. The number of thiophene rings is 1. The number of halogens is 1.